The van der Waals surface area contributed by atoms with Gasteiger partial charge in [0.05, 0.1) is 0 Å². The summed E-state index contributed by atoms with van der Waals surface area (Å²) in [6.45, 7) is 12.2. The van der Waals surface area contributed by atoms with Crippen molar-refractivity contribution in [2.24, 2.45) is 11.8 Å². The maximum absolute atomic E-state index is 12.8. The van der Waals surface area contributed by atoms with E-state index in [9.17, 15) is 4.79 Å². The van der Waals surface area contributed by atoms with Gasteiger partial charge in [-0.2, -0.15) is 0 Å². The Hall–Kier alpha value is -2.13. The Bertz CT molecular complexity index is 742. The Morgan fingerprint density at radius 3 is 2.14 bits per heavy atom. The number of likely N-dealkylation sites (tertiary alicyclic amines) is 1. The number of hydrogen-bond acceptors (Lipinski definition) is 2. The highest BCUT2D eigenvalue weighted by Gasteiger charge is 2.36. The Morgan fingerprint density at radius 2 is 1.57 bits per heavy atom. The second-order valence-corrected chi connectivity index (χ2v) is 8.70. The highest BCUT2D eigenvalue weighted by atomic mass is 16.2. The summed E-state index contributed by atoms with van der Waals surface area (Å²) >= 11 is 0. The normalized spacial score (nSPS) is 20.1. The predicted molar refractivity (Wildman–Crippen MR) is 116 cm³/mol. The van der Waals surface area contributed by atoms with E-state index in [1.807, 2.05) is 13.8 Å². The summed E-state index contributed by atoms with van der Waals surface area (Å²) in [6.07, 6.45) is 0. The monoisotopic (exact) mass is 378 g/mol. The van der Waals surface area contributed by atoms with E-state index >= 15 is 0 Å². The highest BCUT2D eigenvalue weighted by Crippen LogP contribution is 2.34. The topological polar surface area (TPSA) is 23.6 Å². The van der Waals surface area contributed by atoms with Crippen molar-refractivity contribution in [1.82, 2.24) is 9.80 Å². The average molecular weight is 379 g/mol. The molecule has 0 aromatic heterocycles. The van der Waals surface area contributed by atoms with Crippen LogP contribution in [0, 0.1) is 11.8 Å². The zero-order valence-electron chi connectivity index (χ0n) is 17.7. The van der Waals surface area contributed by atoms with Gasteiger partial charge in [-0.25, -0.2) is 0 Å². The number of carbonyl (C=O) groups is 1. The van der Waals surface area contributed by atoms with Crippen LogP contribution in [0.5, 0.6) is 0 Å². The summed E-state index contributed by atoms with van der Waals surface area (Å²) in [5.41, 5.74) is 2.75. The van der Waals surface area contributed by atoms with Gasteiger partial charge in [0.1, 0.15) is 0 Å². The van der Waals surface area contributed by atoms with E-state index in [-0.39, 0.29) is 17.9 Å². The first kappa shape index (κ1) is 20.6. The molecule has 2 unspecified atom stereocenters. The average Bonchev–Trinajstić information content (AvgIpc) is 3.09. The second-order valence-electron chi connectivity index (χ2n) is 8.70. The van der Waals surface area contributed by atoms with Gasteiger partial charge in [-0.1, -0.05) is 74.5 Å². The minimum absolute atomic E-state index is 0.0411. The lowest BCUT2D eigenvalue weighted by Gasteiger charge is -2.33. The number of rotatable bonds is 7. The van der Waals surface area contributed by atoms with Crippen molar-refractivity contribution in [2.75, 3.05) is 19.6 Å². The Kier molecular flexibility index (Phi) is 6.90. The van der Waals surface area contributed by atoms with Gasteiger partial charge in [-0.15, -0.1) is 0 Å². The summed E-state index contributed by atoms with van der Waals surface area (Å²) in [7, 11) is 0. The molecule has 0 saturated carbocycles. The highest BCUT2D eigenvalue weighted by molar-refractivity contribution is 5.78. The van der Waals surface area contributed by atoms with Gasteiger partial charge in [-0.05, 0) is 30.9 Å². The van der Waals surface area contributed by atoms with Crippen LogP contribution in [0.2, 0.25) is 0 Å². The fourth-order valence-corrected chi connectivity index (χ4v) is 4.33. The molecule has 0 aliphatic carbocycles. The molecule has 1 aliphatic heterocycles. The van der Waals surface area contributed by atoms with Gasteiger partial charge >= 0.3 is 0 Å². The third-order valence-corrected chi connectivity index (χ3v) is 5.82. The first-order chi connectivity index (χ1) is 13.5. The molecule has 0 bridgehead atoms. The van der Waals surface area contributed by atoms with Crippen molar-refractivity contribution in [3.8, 4) is 0 Å². The molecule has 3 rings (SSSR count). The lowest BCUT2D eigenvalue weighted by Crippen LogP contribution is -2.43. The van der Waals surface area contributed by atoms with Gasteiger partial charge in [-0.3, -0.25) is 9.69 Å². The molecule has 1 aliphatic rings. The minimum atomic E-state index is 0.0411. The van der Waals surface area contributed by atoms with E-state index in [1.165, 1.54) is 11.1 Å². The number of nitrogens with zero attached hydrogens (tertiary/aromatic N) is 2. The van der Waals surface area contributed by atoms with Crippen molar-refractivity contribution < 1.29 is 4.79 Å². The number of amides is 1. The minimum Gasteiger partial charge on any atom is -0.340 e. The molecular formula is C25H34N2O. The molecule has 1 saturated heterocycles. The smallest absolute Gasteiger partial charge is 0.225 e. The summed E-state index contributed by atoms with van der Waals surface area (Å²) in [6, 6.07) is 21.8. The van der Waals surface area contributed by atoms with Gasteiger partial charge in [0.15, 0.2) is 0 Å². The van der Waals surface area contributed by atoms with Crippen LogP contribution in [-0.4, -0.2) is 41.4 Å². The van der Waals surface area contributed by atoms with Crippen molar-refractivity contribution in [2.45, 2.75) is 46.2 Å². The number of benzene rings is 2. The van der Waals surface area contributed by atoms with Crippen molar-refractivity contribution in [1.29, 1.82) is 0 Å². The predicted octanol–water partition coefficient (Wildman–Crippen LogP) is 4.80. The molecule has 2 aromatic carbocycles. The second kappa shape index (κ2) is 9.38. The third-order valence-electron chi connectivity index (χ3n) is 5.82. The summed E-state index contributed by atoms with van der Waals surface area (Å²) in [4.78, 5) is 17.4. The number of carbonyl (C=O) groups excluding carboxylic acids is 1. The van der Waals surface area contributed by atoms with Crippen LogP contribution in [0.1, 0.15) is 44.7 Å². The maximum atomic E-state index is 12.8. The van der Waals surface area contributed by atoms with Gasteiger partial charge < -0.3 is 4.90 Å². The van der Waals surface area contributed by atoms with Crippen LogP contribution in [0.15, 0.2) is 60.7 Å². The summed E-state index contributed by atoms with van der Waals surface area (Å²) < 4.78 is 0. The van der Waals surface area contributed by atoms with Crippen LogP contribution in [0.4, 0.5) is 0 Å². The van der Waals surface area contributed by atoms with E-state index in [1.54, 1.807) is 0 Å². The van der Waals surface area contributed by atoms with E-state index in [4.69, 9.17) is 0 Å². The maximum Gasteiger partial charge on any atom is 0.225 e. The molecule has 2 aromatic rings. The standard InChI is InChI=1S/C25H34N2O/c1-19(2)25(28)27(20(3)4)17-23-16-26(15-21-11-7-5-8-12-21)18-24(23)22-13-9-6-10-14-22/h5-14,19-20,23-24H,15-18H2,1-4H3. The third kappa shape index (κ3) is 5.02. The van der Waals surface area contributed by atoms with Crippen molar-refractivity contribution >= 4 is 5.91 Å². The summed E-state index contributed by atoms with van der Waals surface area (Å²) in [5, 5.41) is 0. The molecule has 1 heterocycles. The van der Waals surface area contributed by atoms with Crippen LogP contribution in [-0.2, 0) is 11.3 Å². The molecule has 2 atom stereocenters. The fraction of sp³-hybridized carbons (Fsp3) is 0.480. The first-order valence-corrected chi connectivity index (χ1v) is 10.6. The van der Waals surface area contributed by atoms with E-state index < -0.39 is 0 Å². The van der Waals surface area contributed by atoms with E-state index in [0.717, 1.165) is 26.2 Å². The lowest BCUT2D eigenvalue weighted by molar-refractivity contribution is -0.136. The van der Waals surface area contributed by atoms with E-state index in [2.05, 4.69) is 84.3 Å². The first-order valence-electron chi connectivity index (χ1n) is 10.6. The quantitative estimate of drug-likeness (QED) is 0.691. The lowest BCUT2D eigenvalue weighted by atomic mass is 9.88. The molecule has 3 heteroatoms. The fourth-order valence-electron chi connectivity index (χ4n) is 4.33. The largest absolute Gasteiger partial charge is 0.340 e. The van der Waals surface area contributed by atoms with Gasteiger partial charge in [0.2, 0.25) is 5.91 Å². The van der Waals surface area contributed by atoms with Crippen LogP contribution < -0.4 is 0 Å². The zero-order valence-corrected chi connectivity index (χ0v) is 17.7. The number of hydrogen-bond donors (Lipinski definition) is 0. The summed E-state index contributed by atoms with van der Waals surface area (Å²) in [5.74, 6) is 1.23. The van der Waals surface area contributed by atoms with Crippen molar-refractivity contribution in [3.63, 3.8) is 0 Å². The molecule has 150 valence electrons. The zero-order chi connectivity index (χ0) is 20.1. The Morgan fingerprint density at radius 1 is 0.964 bits per heavy atom. The van der Waals surface area contributed by atoms with Crippen LogP contribution >= 0.6 is 0 Å². The molecular weight excluding hydrogens is 344 g/mol. The van der Waals surface area contributed by atoms with Gasteiger partial charge in [0, 0.05) is 44.1 Å². The molecule has 0 N–H and O–H groups in total. The molecule has 0 spiro atoms. The SMILES string of the molecule is CC(C)C(=O)N(CC1CN(Cc2ccccc2)CC1c1ccccc1)C(C)C. The molecule has 1 amide bonds. The Labute approximate surface area is 170 Å². The van der Waals surface area contributed by atoms with E-state index in [0.29, 0.717) is 11.8 Å². The molecule has 1 fully saturated rings. The molecule has 3 nitrogen and oxygen atoms in total. The molecule has 0 radical (unpaired) electrons. The van der Waals surface area contributed by atoms with Gasteiger partial charge in [0.25, 0.3) is 0 Å². The molecule has 28 heavy (non-hydrogen) atoms. The van der Waals surface area contributed by atoms with Crippen LogP contribution in [0.25, 0.3) is 0 Å². The van der Waals surface area contributed by atoms with Crippen molar-refractivity contribution in [3.05, 3.63) is 71.8 Å². The van der Waals surface area contributed by atoms with Crippen LogP contribution in [0.3, 0.4) is 0 Å². The Balaban J connectivity index is 1.80.